The number of hydrogen-bond acceptors (Lipinski definition) is 5. The standard InChI is InChI=1S/C20H22F3N3O2/c21-14-7-16(23)15(22)6-12(14)20-17(24)5-11(9-27-20)26-4-3-18-13(8-26)19(28-25-18)10-1-2-10/h6-7,10-11,17,20H,1-5,8-9,24H2/t11-,17+,20-/m1/s1. The van der Waals surface area contributed by atoms with E-state index < -0.39 is 29.6 Å². The Kier molecular flexibility index (Phi) is 4.45. The molecule has 2 N–H and O–H groups in total. The maximum atomic E-state index is 14.1. The predicted octanol–water partition coefficient (Wildman–Crippen LogP) is 3.18. The fourth-order valence-electron chi connectivity index (χ4n) is 4.41. The molecule has 1 aliphatic carbocycles. The van der Waals surface area contributed by atoms with Crippen LogP contribution in [0.5, 0.6) is 0 Å². The van der Waals surface area contributed by atoms with Gasteiger partial charge < -0.3 is 15.0 Å². The molecule has 2 aromatic rings. The number of halogens is 3. The van der Waals surface area contributed by atoms with Gasteiger partial charge >= 0.3 is 0 Å². The molecule has 2 aliphatic heterocycles. The summed E-state index contributed by atoms with van der Waals surface area (Å²) in [7, 11) is 0. The Bertz CT molecular complexity index is 899. The average Bonchev–Trinajstić information content (AvgIpc) is 3.43. The SMILES string of the molecule is N[C@H]1C[C@@H](N2CCc3noc(C4CC4)c3C2)CO[C@@H]1c1cc(F)c(F)cc1F. The number of nitrogens with zero attached hydrogens (tertiary/aromatic N) is 2. The highest BCUT2D eigenvalue weighted by Crippen LogP contribution is 2.44. The topological polar surface area (TPSA) is 64.5 Å². The molecule has 1 aromatic carbocycles. The molecule has 28 heavy (non-hydrogen) atoms. The summed E-state index contributed by atoms with van der Waals surface area (Å²) in [6, 6.07) is 0.964. The number of benzene rings is 1. The Hall–Kier alpha value is -1.90. The van der Waals surface area contributed by atoms with Gasteiger partial charge in [-0.3, -0.25) is 4.90 Å². The highest BCUT2D eigenvalue weighted by molar-refractivity contribution is 5.30. The Balaban J connectivity index is 1.30. The van der Waals surface area contributed by atoms with Crippen molar-refractivity contribution in [3.8, 4) is 0 Å². The van der Waals surface area contributed by atoms with E-state index in [9.17, 15) is 13.2 Å². The van der Waals surface area contributed by atoms with E-state index in [0.717, 1.165) is 49.9 Å². The number of rotatable bonds is 3. The lowest BCUT2D eigenvalue weighted by Crippen LogP contribution is -2.50. The number of fused-ring (bicyclic) bond motifs is 1. The second-order valence-corrected chi connectivity index (χ2v) is 8.06. The van der Waals surface area contributed by atoms with Gasteiger partial charge in [0, 0.05) is 54.7 Å². The highest BCUT2D eigenvalue weighted by atomic mass is 19.2. The summed E-state index contributed by atoms with van der Waals surface area (Å²) >= 11 is 0. The molecule has 150 valence electrons. The van der Waals surface area contributed by atoms with Gasteiger partial charge in [0.05, 0.1) is 12.3 Å². The Labute approximate surface area is 160 Å². The van der Waals surface area contributed by atoms with E-state index in [1.807, 2.05) is 0 Å². The van der Waals surface area contributed by atoms with Crippen LogP contribution >= 0.6 is 0 Å². The molecule has 3 heterocycles. The van der Waals surface area contributed by atoms with Crippen molar-refractivity contribution in [1.82, 2.24) is 10.1 Å². The van der Waals surface area contributed by atoms with Crippen molar-refractivity contribution in [3.63, 3.8) is 0 Å². The molecule has 5 nitrogen and oxygen atoms in total. The van der Waals surface area contributed by atoms with Crippen LogP contribution in [0.15, 0.2) is 16.7 Å². The van der Waals surface area contributed by atoms with Gasteiger partial charge in [0.25, 0.3) is 0 Å². The van der Waals surface area contributed by atoms with E-state index >= 15 is 0 Å². The van der Waals surface area contributed by atoms with Crippen molar-refractivity contribution in [3.05, 3.63) is 52.2 Å². The summed E-state index contributed by atoms with van der Waals surface area (Å²) in [5.41, 5.74) is 8.47. The van der Waals surface area contributed by atoms with Crippen LogP contribution in [0.4, 0.5) is 13.2 Å². The molecular formula is C20H22F3N3O2. The molecule has 0 unspecified atom stereocenters. The van der Waals surface area contributed by atoms with E-state index in [0.29, 0.717) is 25.0 Å². The van der Waals surface area contributed by atoms with E-state index in [1.54, 1.807) is 0 Å². The molecule has 0 bridgehead atoms. The van der Waals surface area contributed by atoms with E-state index in [-0.39, 0.29) is 11.6 Å². The molecule has 1 saturated carbocycles. The van der Waals surface area contributed by atoms with Gasteiger partial charge in [-0.2, -0.15) is 0 Å². The number of ether oxygens (including phenoxy) is 1. The third-order valence-corrected chi connectivity index (χ3v) is 6.11. The van der Waals surface area contributed by atoms with Crippen LogP contribution in [0.25, 0.3) is 0 Å². The van der Waals surface area contributed by atoms with Gasteiger partial charge in [-0.05, 0) is 25.3 Å². The van der Waals surface area contributed by atoms with Crippen molar-refractivity contribution in [2.45, 2.75) is 56.3 Å². The molecule has 2 fully saturated rings. The number of aromatic nitrogens is 1. The van der Waals surface area contributed by atoms with Crippen LogP contribution in [-0.2, 0) is 17.7 Å². The lowest BCUT2D eigenvalue weighted by atomic mass is 9.92. The first-order chi connectivity index (χ1) is 13.5. The normalized spacial score (nSPS) is 28.4. The predicted molar refractivity (Wildman–Crippen MR) is 94.0 cm³/mol. The summed E-state index contributed by atoms with van der Waals surface area (Å²) in [6.07, 6.45) is 2.92. The second kappa shape index (κ2) is 6.86. The first-order valence-corrected chi connectivity index (χ1v) is 9.74. The second-order valence-electron chi connectivity index (χ2n) is 8.06. The van der Waals surface area contributed by atoms with Crippen LogP contribution in [-0.4, -0.2) is 35.3 Å². The molecule has 3 atom stereocenters. The molecule has 0 amide bonds. The van der Waals surface area contributed by atoms with Gasteiger partial charge in [-0.25, -0.2) is 13.2 Å². The molecule has 1 aromatic heterocycles. The lowest BCUT2D eigenvalue weighted by Gasteiger charge is -2.41. The molecule has 1 saturated heterocycles. The minimum absolute atomic E-state index is 0.0270. The maximum absolute atomic E-state index is 14.1. The fourth-order valence-corrected chi connectivity index (χ4v) is 4.41. The third kappa shape index (κ3) is 3.13. The average molecular weight is 393 g/mol. The lowest BCUT2D eigenvalue weighted by molar-refractivity contribution is -0.0549. The van der Waals surface area contributed by atoms with Gasteiger partial charge in [0.1, 0.15) is 17.7 Å². The van der Waals surface area contributed by atoms with Crippen molar-refractivity contribution in [2.75, 3.05) is 13.2 Å². The molecular weight excluding hydrogens is 371 g/mol. The van der Waals surface area contributed by atoms with Crippen LogP contribution in [0.3, 0.4) is 0 Å². The van der Waals surface area contributed by atoms with Crippen molar-refractivity contribution in [2.24, 2.45) is 5.73 Å². The Morgan fingerprint density at radius 3 is 2.64 bits per heavy atom. The molecule has 0 radical (unpaired) electrons. The summed E-state index contributed by atoms with van der Waals surface area (Å²) in [6.45, 7) is 1.93. The van der Waals surface area contributed by atoms with E-state index in [2.05, 4.69) is 10.1 Å². The van der Waals surface area contributed by atoms with Gasteiger partial charge in [-0.1, -0.05) is 5.16 Å². The Morgan fingerprint density at radius 1 is 1.11 bits per heavy atom. The summed E-state index contributed by atoms with van der Waals surface area (Å²) in [4.78, 5) is 2.31. The minimum Gasteiger partial charge on any atom is -0.370 e. The number of nitrogens with two attached hydrogens (primary N) is 1. The van der Waals surface area contributed by atoms with Gasteiger partial charge in [-0.15, -0.1) is 0 Å². The van der Waals surface area contributed by atoms with Crippen LogP contribution in [0.2, 0.25) is 0 Å². The monoisotopic (exact) mass is 393 g/mol. The summed E-state index contributed by atoms with van der Waals surface area (Å²) < 4.78 is 52.3. The maximum Gasteiger partial charge on any atom is 0.161 e. The summed E-state index contributed by atoms with van der Waals surface area (Å²) in [5, 5.41) is 4.22. The molecule has 5 rings (SSSR count). The van der Waals surface area contributed by atoms with Crippen LogP contribution < -0.4 is 5.73 Å². The molecule has 0 spiro atoms. The Morgan fingerprint density at radius 2 is 1.89 bits per heavy atom. The van der Waals surface area contributed by atoms with Gasteiger partial charge in [0.15, 0.2) is 11.6 Å². The van der Waals surface area contributed by atoms with E-state index in [4.69, 9.17) is 15.0 Å². The highest BCUT2D eigenvalue weighted by Gasteiger charge is 2.39. The first kappa shape index (κ1) is 18.1. The quantitative estimate of drug-likeness (QED) is 0.812. The summed E-state index contributed by atoms with van der Waals surface area (Å²) in [5.74, 6) is -1.63. The van der Waals surface area contributed by atoms with Gasteiger partial charge in [0.2, 0.25) is 0 Å². The zero-order chi connectivity index (χ0) is 19.4. The van der Waals surface area contributed by atoms with Crippen molar-refractivity contribution < 1.29 is 22.4 Å². The van der Waals surface area contributed by atoms with Crippen molar-refractivity contribution in [1.29, 1.82) is 0 Å². The smallest absolute Gasteiger partial charge is 0.161 e. The number of hydrogen-bond donors (Lipinski definition) is 1. The molecule has 8 heteroatoms. The zero-order valence-corrected chi connectivity index (χ0v) is 15.3. The minimum atomic E-state index is -1.21. The molecule has 3 aliphatic rings. The fraction of sp³-hybridized carbons (Fsp3) is 0.550. The third-order valence-electron chi connectivity index (χ3n) is 6.11. The van der Waals surface area contributed by atoms with Crippen LogP contribution in [0, 0.1) is 17.5 Å². The largest absolute Gasteiger partial charge is 0.370 e. The first-order valence-electron chi connectivity index (χ1n) is 9.74. The zero-order valence-electron chi connectivity index (χ0n) is 15.3. The van der Waals surface area contributed by atoms with Crippen molar-refractivity contribution >= 4 is 0 Å². The van der Waals surface area contributed by atoms with E-state index in [1.165, 1.54) is 5.56 Å². The van der Waals surface area contributed by atoms with Crippen LogP contribution in [0.1, 0.15) is 53.9 Å².